The van der Waals surface area contributed by atoms with Crippen LogP contribution in [0.2, 0.25) is 0 Å². The van der Waals surface area contributed by atoms with Gasteiger partial charge in [0.1, 0.15) is 11.6 Å². The summed E-state index contributed by atoms with van der Waals surface area (Å²) in [5.74, 6) is 2.09. The van der Waals surface area contributed by atoms with E-state index in [1.54, 1.807) is 13.3 Å². The van der Waals surface area contributed by atoms with Crippen LogP contribution >= 0.6 is 0 Å². The summed E-state index contributed by atoms with van der Waals surface area (Å²) >= 11 is 0. The second-order valence-corrected chi connectivity index (χ2v) is 7.49. The summed E-state index contributed by atoms with van der Waals surface area (Å²) in [7, 11) is 5.52. The van der Waals surface area contributed by atoms with Crippen molar-refractivity contribution in [2.45, 2.75) is 18.8 Å². The number of piperidine rings is 1. The third-order valence-corrected chi connectivity index (χ3v) is 5.58. The Bertz CT molecular complexity index is 987. The first-order valence-corrected chi connectivity index (χ1v) is 9.65. The molecule has 0 unspecified atom stereocenters. The number of ether oxygens (including phenoxy) is 1. The molecule has 4 rings (SSSR count). The van der Waals surface area contributed by atoms with E-state index in [1.165, 1.54) is 10.9 Å². The molecule has 1 saturated heterocycles. The Morgan fingerprint density at radius 1 is 1.25 bits per heavy atom. The largest absolute Gasteiger partial charge is 0.497 e. The molecular formula is C22H26N4O2. The van der Waals surface area contributed by atoms with E-state index in [2.05, 4.69) is 28.3 Å². The number of aromatic amines is 1. The molecule has 1 aliphatic heterocycles. The van der Waals surface area contributed by atoms with E-state index in [9.17, 15) is 4.79 Å². The maximum Gasteiger partial charge on any atom is 0.257 e. The van der Waals surface area contributed by atoms with Crippen molar-refractivity contribution in [3.05, 3.63) is 53.9 Å². The first-order valence-electron chi connectivity index (χ1n) is 9.65. The Kier molecular flexibility index (Phi) is 4.94. The molecule has 0 radical (unpaired) electrons. The van der Waals surface area contributed by atoms with Gasteiger partial charge in [-0.2, -0.15) is 0 Å². The van der Waals surface area contributed by atoms with E-state index in [4.69, 9.17) is 4.74 Å². The minimum atomic E-state index is 0.0656. The molecule has 1 fully saturated rings. The number of nitrogens with one attached hydrogen (secondary N) is 1. The number of rotatable bonds is 4. The van der Waals surface area contributed by atoms with Crippen LogP contribution in [0, 0.1) is 0 Å². The maximum absolute atomic E-state index is 13.1. The number of fused-ring (bicyclic) bond motifs is 1. The van der Waals surface area contributed by atoms with Gasteiger partial charge in [0, 0.05) is 50.5 Å². The summed E-state index contributed by atoms with van der Waals surface area (Å²) in [6, 6.07) is 9.81. The number of H-pyrrole nitrogens is 1. The fraction of sp³-hybridized carbons (Fsp3) is 0.364. The van der Waals surface area contributed by atoms with Crippen LogP contribution in [0.5, 0.6) is 5.75 Å². The van der Waals surface area contributed by atoms with Gasteiger partial charge in [-0.3, -0.25) is 4.79 Å². The van der Waals surface area contributed by atoms with E-state index in [-0.39, 0.29) is 5.91 Å². The van der Waals surface area contributed by atoms with Gasteiger partial charge < -0.3 is 19.5 Å². The van der Waals surface area contributed by atoms with Gasteiger partial charge >= 0.3 is 0 Å². The first kappa shape index (κ1) is 18.3. The smallest absolute Gasteiger partial charge is 0.257 e. The number of pyridine rings is 1. The highest BCUT2D eigenvalue weighted by Crippen LogP contribution is 2.35. The SMILES string of the molecule is COc1ccc2[nH]cc(C3CCN(C(=O)c4cccnc4N(C)C)CC3)c2c1. The summed E-state index contributed by atoms with van der Waals surface area (Å²) in [4.78, 5) is 24.6. The molecule has 6 nitrogen and oxygen atoms in total. The number of carbonyl (C=O) groups is 1. The van der Waals surface area contributed by atoms with Gasteiger partial charge in [-0.15, -0.1) is 0 Å². The molecule has 3 heterocycles. The van der Waals surface area contributed by atoms with Crippen molar-refractivity contribution in [1.82, 2.24) is 14.9 Å². The molecule has 1 aliphatic rings. The fourth-order valence-electron chi connectivity index (χ4n) is 4.07. The lowest BCUT2D eigenvalue weighted by Crippen LogP contribution is -2.38. The molecule has 3 aromatic rings. The van der Waals surface area contributed by atoms with Crippen LogP contribution in [0.15, 0.2) is 42.7 Å². The Labute approximate surface area is 165 Å². The van der Waals surface area contributed by atoms with E-state index in [0.29, 0.717) is 11.5 Å². The summed E-state index contributed by atoms with van der Waals surface area (Å²) in [5, 5.41) is 1.21. The topological polar surface area (TPSA) is 61.5 Å². The number of hydrogen-bond acceptors (Lipinski definition) is 4. The van der Waals surface area contributed by atoms with Crippen LogP contribution in [0.1, 0.15) is 34.7 Å². The van der Waals surface area contributed by atoms with Crippen molar-refractivity contribution in [3.8, 4) is 5.75 Å². The second-order valence-electron chi connectivity index (χ2n) is 7.49. The number of aromatic nitrogens is 2. The van der Waals surface area contributed by atoms with E-state index in [1.807, 2.05) is 42.1 Å². The second kappa shape index (κ2) is 7.54. The number of carbonyl (C=O) groups excluding carboxylic acids is 1. The van der Waals surface area contributed by atoms with Crippen molar-refractivity contribution < 1.29 is 9.53 Å². The van der Waals surface area contributed by atoms with E-state index < -0.39 is 0 Å². The zero-order valence-corrected chi connectivity index (χ0v) is 16.6. The maximum atomic E-state index is 13.1. The molecular weight excluding hydrogens is 352 g/mol. The molecule has 0 atom stereocenters. The fourth-order valence-corrected chi connectivity index (χ4v) is 4.07. The zero-order chi connectivity index (χ0) is 19.7. The molecule has 6 heteroatoms. The van der Waals surface area contributed by atoms with Gasteiger partial charge in [0.25, 0.3) is 5.91 Å². The molecule has 1 aromatic carbocycles. The molecule has 0 saturated carbocycles. The lowest BCUT2D eigenvalue weighted by Gasteiger charge is -2.32. The van der Waals surface area contributed by atoms with Crippen LogP contribution in [0.25, 0.3) is 10.9 Å². The van der Waals surface area contributed by atoms with Gasteiger partial charge in [-0.1, -0.05) is 0 Å². The van der Waals surface area contributed by atoms with E-state index >= 15 is 0 Å². The zero-order valence-electron chi connectivity index (χ0n) is 16.6. The average molecular weight is 378 g/mol. The molecule has 2 aromatic heterocycles. The van der Waals surface area contributed by atoms with Crippen LogP contribution in [-0.4, -0.2) is 55.1 Å². The molecule has 0 bridgehead atoms. The Morgan fingerprint density at radius 2 is 2.04 bits per heavy atom. The van der Waals surface area contributed by atoms with Gasteiger partial charge in [-0.05, 0) is 54.7 Å². The van der Waals surface area contributed by atoms with Crippen LogP contribution < -0.4 is 9.64 Å². The van der Waals surface area contributed by atoms with Crippen LogP contribution in [0.3, 0.4) is 0 Å². The van der Waals surface area contributed by atoms with Gasteiger partial charge in [0.15, 0.2) is 0 Å². The summed E-state index contributed by atoms with van der Waals surface area (Å²) in [5.41, 5.74) is 3.11. The highest BCUT2D eigenvalue weighted by atomic mass is 16.5. The standard InChI is InChI=1S/C22H26N4O2/c1-25(2)21-17(5-4-10-23-21)22(27)26-11-8-15(9-12-26)19-14-24-20-7-6-16(28-3)13-18(19)20/h4-7,10,13-15,24H,8-9,11-12H2,1-3H3. The number of nitrogens with zero attached hydrogens (tertiary/aromatic N) is 3. The summed E-state index contributed by atoms with van der Waals surface area (Å²) < 4.78 is 5.39. The van der Waals surface area contributed by atoms with Crippen LogP contribution in [0.4, 0.5) is 5.82 Å². The average Bonchev–Trinajstić information content (AvgIpc) is 3.16. The van der Waals surface area contributed by atoms with Gasteiger partial charge in [-0.25, -0.2) is 4.98 Å². The highest BCUT2D eigenvalue weighted by Gasteiger charge is 2.27. The predicted molar refractivity (Wildman–Crippen MR) is 111 cm³/mol. The number of hydrogen-bond donors (Lipinski definition) is 1. The number of methoxy groups -OCH3 is 1. The van der Waals surface area contributed by atoms with Crippen LogP contribution in [-0.2, 0) is 0 Å². The van der Waals surface area contributed by atoms with Crippen molar-refractivity contribution in [1.29, 1.82) is 0 Å². The van der Waals surface area contributed by atoms with Crippen molar-refractivity contribution in [2.75, 3.05) is 39.2 Å². The third kappa shape index (κ3) is 3.30. The number of amides is 1. The molecule has 28 heavy (non-hydrogen) atoms. The minimum Gasteiger partial charge on any atom is -0.497 e. The number of likely N-dealkylation sites (tertiary alicyclic amines) is 1. The van der Waals surface area contributed by atoms with Gasteiger partial charge in [0.2, 0.25) is 0 Å². The first-order chi connectivity index (χ1) is 13.6. The Morgan fingerprint density at radius 3 is 2.75 bits per heavy atom. The molecule has 1 amide bonds. The third-order valence-electron chi connectivity index (χ3n) is 5.58. The minimum absolute atomic E-state index is 0.0656. The normalized spacial score (nSPS) is 15.0. The van der Waals surface area contributed by atoms with Crippen molar-refractivity contribution in [3.63, 3.8) is 0 Å². The van der Waals surface area contributed by atoms with E-state index in [0.717, 1.165) is 43.0 Å². The van der Waals surface area contributed by atoms with Gasteiger partial charge in [0.05, 0.1) is 12.7 Å². The Hall–Kier alpha value is -3.02. The number of benzene rings is 1. The lowest BCUT2D eigenvalue weighted by atomic mass is 9.89. The molecule has 0 spiro atoms. The summed E-state index contributed by atoms with van der Waals surface area (Å²) in [6.07, 6.45) is 5.74. The number of anilines is 1. The molecule has 146 valence electrons. The van der Waals surface area contributed by atoms with Crippen molar-refractivity contribution >= 4 is 22.6 Å². The molecule has 0 aliphatic carbocycles. The molecule has 1 N–H and O–H groups in total. The quantitative estimate of drug-likeness (QED) is 0.753. The highest BCUT2D eigenvalue weighted by molar-refractivity contribution is 5.99. The Balaban J connectivity index is 1.50. The van der Waals surface area contributed by atoms with Crippen molar-refractivity contribution in [2.24, 2.45) is 0 Å². The summed E-state index contributed by atoms with van der Waals surface area (Å²) in [6.45, 7) is 1.50. The lowest BCUT2D eigenvalue weighted by molar-refractivity contribution is 0.0713. The monoisotopic (exact) mass is 378 g/mol. The predicted octanol–water partition coefficient (Wildman–Crippen LogP) is 3.66.